The number of hydrogen-bond donors (Lipinski definition) is 5. The number of methoxy groups -OCH3 is 1. The number of ether oxygens (including phenoxy) is 3. The van der Waals surface area contributed by atoms with Crippen molar-refractivity contribution in [1.29, 1.82) is 0 Å². The lowest BCUT2D eigenvalue weighted by molar-refractivity contribution is -0.136. The second-order valence-corrected chi connectivity index (χ2v) is 16.6. The van der Waals surface area contributed by atoms with Crippen LogP contribution in [0.5, 0.6) is 17.2 Å². The lowest BCUT2D eigenvalue weighted by Crippen LogP contribution is -2.54. The van der Waals surface area contributed by atoms with Crippen molar-refractivity contribution in [1.82, 2.24) is 40.7 Å². The number of nitrogens with zero attached hydrogens (tertiary/aromatic N) is 5. The lowest BCUT2D eigenvalue weighted by atomic mass is 9.96. The summed E-state index contributed by atoms with van der Waals surface area (Å²) in [7, 11) is 4.56. The highest BCUT2D eigenvalue weighted by molar-refractivity contribution is 6.33. The Balaban J connectivity index is 0.805. The number of amides is 7. The normalized spacial score (nSPS) is 16.1. The molecule has 5 N–H and O–H groups in total. The molecular weight excluding hydrogens is 892 g/mol. The molecule has 21 nitrogen and oxygen atoms in total. The van der Waals surface area contributed by atoms with Crippen LogP contribution in [0.25, 0.3) is 10.9 Å². The Morgan fingerprint density at radius 1 is 0.866 bits per heavy atom. The number of anilines is 3. The molecule has 7 rings (SSSR count). The van der Waals surface area contributed by atoms with Crippen molar-refractivity contribution in [2.75, 3.05) is 63.8 Å². The number of unbranched alkanes of at least 4 members (excludes halogenated alkanes) is 3. The molecule has 0 radical (unpaired) electrons. The standard InChI is InChI=1S/C45H51ClN10O11/c1-47-35(58)23-67-33-20-26-19-27(21-32(65-3)38(26)54(2)43(33)63)51-39-29(46)22-50-45(53-39)55-17-13-25(14-18-55)40(60)49-16-7-5-4-6-15-48-36(59)24-66-31-10-8-9-28-37(31)44(64)56(42(28)62)30-11-12-34(57)52-41(30)61/h8-10,19-22,25,30H,4-7,11-18,23-24H2,1-3H3,(H,47,58)(H,48,59)(H,49,60)(H,50,51,53)(H,52,57,61). The van der Waals surface area contributed by atoms with Gasteiger partial charge in [0, 0.05) is 69.8 Å². The summed E-state index contributed by atoms with van der Waals surface area (Å²) in [5.74, 6) is -2.27. The Morgan fingerprint density at radius 2 is 1.58 bits per heavy atom. The fourth-order valence-corrected chi connectivity index (χ4v) is 8.32. The van der Waals surface area contributed by atoms with Crippen LogP contribution < -0.4 is 51.3 Å². The average molecular weight is 943 g/mol. The Bertz CT molecular complexity index is 2670. The number of rotatable bonds is 19. The van der Waals surface area contributed by atoms with Crippen molar-refractivity contribution >= 4 is 81.3 Å². The third-order valence-corrected chi connectivity index (χ3v) is 12.0. The highest BCUT2D eigenvalue weighted by Gasteiger charge is 2.46. The third kappa shape index (κ3) is 10.9. The minimum Gasteiger partial charge on any atom is -0.494 e. The largest absolute Gasteiger partial charge is 0.494 e. The summed E-state index contributed by atoms with van der Waals surface area (Å²) in [5, 5.41) is 14.6. The highest BCUT2D eigenvalue weighted by atomic mass is 35.5. The van der Waals surface area contributed by atoms with Crippen LogP contribution in [-0.2, 0) is 31.0 Å². The van der Waals surface area contributed by atoms with Crippen LogP contribution in [-0.4, -0.2) is 120 Å². The molecule has 3 aliphatic rings. The zero-order valence-corrected chi connectivity index (χ0v) is 38.0. The Hall–Kier alpha value is -7.29. The van der Waals surface area contributed by atoms with Crippen molar-refractivity contribution in [2.45, 2.75) is 57.4 Å². The number of carbonyl (C=O) groups is 7. The summed E-state index contributed by atoms with van der Waals surface area (Å²) < 4.78 is 18.2. The molecule has 2 fully saturated rings. The second-order valence-electron chi connectivity index (χ2n) is 16.2. The molecule has 2 saturated heterocycles. The van der Waals surface area contributed by atoms with Crippen molar-refractivity contribution < 1.29 is 47.8 Å². The fourth-order valence-electron chi connectivity index (χ4n) is 8.18. The Labute approximate surface area is 389 Å². The van der Waals surface area contributed by atoms with Gasteiger partial charge >= 0.3 is 0 Å². The second kappa shape index (κ2) is 21.3. The number of pyridine rings is 1. The molecule has 5 heterocycles. The molecule has 0 saturated carbocycles. The monoisotopic (exact) mass is 942 g/mol. The number of piperidine rings is 2. The first-order valence-electron chi connectivity index (χ1n) is 21.9. The van der Waals surface area contributed by atoms with Crippen LogP contribution in [0.3, 0.4) is 0 Å². The van der Waals surface area contributed by atoms with Crippen LogP contribution in [0.1, 0.15) is 72.1 Å². The van der Waals surface area contributed by atoms with E-state index in [0.717, 1.165) is 24.2 Å². The maximum Gasteiger partial charge on any atom is 0.293 e. The van der Waals surface area contributed by atoms with Gasteiger partial charge in [-0.15, -0.1) is 0 Å². The predicted octanol–water partition coefficient (Wildman–Crippen LogP) is 2.35. The van der Waals surface area contributed by atoms with Crippen LogP contribution in [0, 0.1) is 5.92 Å². The summed E-state index contributed by atoms with van der Waals surface area (Å²) in [4.78, 5) is 113. The van der Waals surface area contributed by atoms with E-state index in [1.807, 2.05) is 4.90 Å². The topological polar surface area (TPSA) is 262 Å². The molecule has 0 bridgehead atoms. The molecule has 1 atom stereocenters. The summed E-state index contributed by atoms with van der Waals surface area (Å²) in [6.07, 6.45) is 5.88. The van der Waals surface area contributed by atoms with Crippen LogP contribution >= 0.6 is 11.6 Å². The number of aryl methyl sites for hydroxylation is 1. The average Bonchev–Trinajstić information content (AvgIpc) is 3.58. The molecule has 2 aromatic carbocycles. The Kier molecular flexibility index (Phi) is 15.2. The minimum absolute atomic E-state index is 0.000497. The number of carbonyl (C=O) groups excluding carboxylic acids is 7. The molecule has 0 spiro atoms. The molecule has 1 unspecified atom stereocenters. The fraction of sp³-hybridized carbons (Fsp3) is 0.422. The summed E-state index contributed by atoms with van der Waals surface area (Å²) >= 11 is 6.54. The first kappa shape index (κ1) is 47.7. The molecule has 2 aromatic heterocycles. The maximum atomic E-state index is 13.2. The molecule has 22 heteroatoms. The smallest absolute Gasteiger partial charge is 0.293 e. The number of halogens is 1. The molecule has 4 aromatic rings. The first-order valence-corrected chi connectivity index (χ1v) is 22.3. The van der Waals surface area contributed by atoms with Crippen molar-refractivity contribution in [2.24, 2.45) is 13.0 Å². The zero-order valence-electron chi connectivity index (χ0n) is 37.2. The number of likely N-dealkylation sites (N-methyl/N-ethyl adjacent to an activating group) is 1. The number of imide groups is 2. The number of hydrogen-bond acceptors (Lipinski definition) is 15. The quantitative estimate of drug-likeness (QED) is 0.0668. The number of nitrogens with one attached hydrogen (secondary N) is 5. The Morgan fingerprint density at radius 3 is 2.30 bits per heavy atom. The van der Waals surface area contributed by atoms with Gasteiger partial charge in [-0.25, -0.2) is 4.98 Å². The van der Waals surface area contributed by atoms with Gasteiger partial charge in [0.15, 0.2) is 24.8 Å². The van der Waals surface area contributed by atoms with Gasteiger partial charge in [-0.05, 0) is 56.4 Å². The molecule has 354 valence electrons. The summed E-state index contributed by atoms with van der Waals surface area (Å²) in [6.45, 7) is 1.33. The van der Waals surface area contributed by atoms with Gasteiger partial charge in [0.2, 0.25) is 23.7 Å². The van der Waals surface area contributed by atoms with Crippen molar-refractivity contribution in [3.63, 3.8) is 0 Å². The van der Waals surface area contributed by atoms with Crippen molar-refractivity contribution in [3.8, 4) is 17.2 Å². The van der Waals surface area contributed by atoms with Gasteiger partial charge in [-0.2, -0.15) is 4.98 Å². The van der Waals surface area contributed by atoms with E-state index in [0.29, 0.717) is 79.5 Å². The number of fused-ring (bicyclic) bond motifs is 2. The van der Waals surface area contributed by atoms with Gasteiger partial charge in [-0.3, -0.25) is 48.6 Å². The van der Waals surface area contributed by atoms with E-state index in [1.165, 1.54) is 43.1 Å². The van der Waals surface area contributed by atoms with Gasteiger partial charge in [0.25, 0.3) is 29.2 Å². The van der Waals surface area contributed by atoms with E-state index in [2.05, 4.69) is 31.6 Å². The number of aromatic nitrogens is 3. The van der Waals surface area contributed by atoms with Crippen LogP contribution in [0.4, 0.5) is 17.5 Å². The molecule has 67 heavy (non-hydrogen) atoms. The van der Waals surface area contributed by atoms with Crippen LogP contribution in [0.2, 0.25) is 5.02 Å². The van der Waals surface area contributed by atoms with E-state index in [9.17, 15) is 38.4 Å². The molecular formula is C45H51ClN10O11. The third-order valence-electron chi connectivity index (χ3n) is 11.8. The van der Waals surface area contributed by atoms with Gasteiger partial charge < -0.3 is 44.9 Å². The van der Waals surface area contributed by atoms with E-state index < -0.39 is 41.1 Å². The van der Waals surface area contributed by atoms with Gasteiger partial charge in [-0.1, -0.05) is 30.5 Å². The molecule has 0 aliphatic carbocycles. The zero-order chi connectivity index (χ0) is 47.8. The minimum atomic E-state index is -1.11. The first-order chi connectivity index (χ1) is 32.3. The van der Waals surface area contributed by atoms with Gasteiger partial charge in [0.05, 0.1) is 30.0 Å². The summed E-state index contributed by atoms with van der Waals surface area (Å²) in [5.41, 5.74) is 0.691. The SMILES string of the molecule is CNC(=O)COc1cc2cc(Nc3nc(N4CCC(C(=O)NCCCCCCNC(=O)COc5cccc6c5C(=O)N(C5CCC(=O)NC5=O)C6=O)CC4)ncc3Cl)cc(OC)c2n(C)c1=O. The predicted molar refractivity (Wildman–Crippen MR) is 244 cm³/mol. The molecule has 7 amide bonds. The van der Waals surface area contributed by atoms with E-state index in [1.54, 1.807) is 25.2 Å². The molecule has 3 aliphatic heterocycles. The van der Waals surface area contributed by atoms with Crippen LogP contribution in [0.15, 0.2) is 47.4 Å². The number of benzene rings is 2. The van der Waals surface area contributed by atoms with Crippen molar-refractivity contribution in [3.05, 3.63) is 69.1 Å². The lowest BCUT2D eigenvalue weighted by Gasteiger charge is -2.31. The summed E-state index contributed by atoms with van der Waals surface area (Å²) in [6, 6.07) is 8.39. The van der Waals surface area contributed by atoms with Gasteiger partial charge in [0.1, 0.15) is 22.6 Å². The van der Waals surface area contributed by atoms with E-state index in [4.69, 9.17) is 30.8 Å². The maximum absolute atomic E-state index is 13.2. The van der Waals surface area contributed by atoms with E-state index >= 15 is 0 Å². The highest BCUT2D eigenvalue weighted by Crippen LogP contribution is 2.35. The van der Waals surface area contributed by atoms with E-state index in [-0.39, 0.29) is 71.4 Å².